The number of esters is 5. The van der Waals surface area contributed by atoms with E-state index in [1.807, 2.05) is 6.08 Å². The van der Waals surface area contributed by atoms with Crippen molar-refractivity contribution in [1.29, 1.82) is 0 Å². The van der Waals surface area contributed by atoms with E-state index in [9.17, 15) is 24.0 Å². The average molecular weight is 651 g/mol. The molecule has 0 radical (unpaired) electrons. The summed E-state index contributed by atoms with van der Waals surface area (Å²) in [5.41, 5.74) is -4.97. The average Bonchev–Trinajstić information content (AvgIpc) is 3.44. The third-order valence-corrected chi connectivity index (χ3v) is 11.3. The predicted molar refractivity (Wildman–Crippen MR) is 156 cm³/mol. The molecule has 3 heterocycles. The van der Waals surface area contributed by atoms with Gasteiger partial charge in [0.2, 0.25) is 11.9 Å². The Morgan fingerprint density at radius 1 is 0.935 bits per heavy atom. The Morgan fingerprint density at radius 3 is 2.15 bits per heavy atom. The van der Waals surface area contributed by atoms with E-state index in [-0.39, 0.29) is 44.0 Å². The van der Waals surface area contributed by atoms with Gasteiger partial charge in [0, 0.05) is 39.0 Å². The van der Waals surface area contributed by atoms with E-state index in [2.05, 4.69) is 13.8 Å². The molecule has 0 aromatic carbocycles. The third-order valence-electron chi connectivity index (χ3n) is 11.3. The van der Waals surface area contributed by atoms with Crippen molar-refractivity contribution in [2.45, 2.75) is 123 Å². The lowest BCUT2D eigenvalue weighted by Crippen LogP contribution is -2.75. The van der Waals surface area contributed by atoms with Crippen LogP contribution in [0.25, 0.3) is 0 Å². The number of ether oxygens (including phenoxy) is 8. The number of hydrogen-bond acceptors (Lipinski definition) is 13. The van der Waals surface area contributed by atoms with Gasteiger partial charge in [0.15, 0.2) is 6.10 Å². The lowest BCUT2D eigenvalue weighted by molar-refractivity contribution is -0.286. The van der Waals surface area contributed by atoms with Crippen LogP contribution >= 0.6 is 0 Å². The second kappa shape index (κ2) is 12.1. The van der Waals surface area contributed by atoms with Crippen molar-refractivity contribution in [3.05, 3.63) is 12.3 Å². The molecule has 5 rings (SSSR count). The monoisotopic (exact) mass is 650 g/mol. The van der Waals surface area contributed by atoms with Gasteiger partial charge in [-0.25, -0.2) is 4.79 Å². The zero-order valence-electron chi connectivity index (χ0n) is 27.8. The maximum absolute atomic E-state index is 13.8. The summed E-state index contributed by atoms with van der Waals surface area (Å²) >= 11 is 0. The first kappa shape index (κ1) is 34.2. The van der Waals surface area contributed by atoms with Crippen LogP contribution in [0.1, 0.15) is 81.1 Å². The maximum atomic E-state index is 13.8. The van der Waals surface area contributed by atoms with Crippen molar-refractivity contribution in [3.8, 4) is 0 Å². The minimum Gasteiger partial charge on any atom is -0.472 e. The molecular weight excluding hydrogens is 604 g/mol. The number of carbonyl (C=O) groups excluding carboxylic acids is 5. The van der Waals surface area contributed by atoms with Crippen LogP contribution in [-0.4, -0.2) is 85.0 Å². The van der Waals surface area contributed by atoms with Crippen molar-refractivity contribution in [3.63, 3.8) is 0 Å². The second-order valence-corrected chi connectivity index (χ2v) is 13.9. The summed E-state index contributed by atoms with van der Waals surface area (Å²) in [5.74, 6) is -3.75. The van der Waals surface area contributed by atoms with Crippen LogP contribution in [0.3, 0.4) is 0 Å². The normalized spacial score (nSPS) is 41.7. The molecular formula is C33H46O13. The molecule has 0 aromatic rings. The Kier molecular flexibility index (Phi) is 9.00. The second-order valence-electron chi connectivity index (χ2n) is 13.9. The van der Waals surface area contributed by atoms with E-state index in [0.717, 1.165) is 0 Å². The minimum atomic E-state index is -1.64. The number of epoxide rings is 1. The molecule has 0 N–H and O–H groups in total. The molecule has 12 atom stereocenters. The van der Waals surface area contributed by atoms with Crippen LogP contribution < -0.4 is 0 Å². The Hall–Kier alpha value is -3.19. The van der Waals surface area contributed by atoms with Gasteiger partial charge in [0.05, 0.1) is 24.4 Å². The fourth-order valence-corrected chi connectivity index (χ4v) is 8.72. The van der Waals surface area contributed by atoms with Gasteiger partial charge in [-0.15, -0.1) is 0 Å². The molecule has 2 saturated carbocycles. The number of rotatable bonds is 9. The first-order valence-electron chi connectivity index (χ1n) is 16.0. The largest absolute Gasteiger partial charge is 0.472 e. The maximum Gasteiger partial charge on any atom is 0.350 e. The minimum absolute atomic E-state index is 0.0295. The molecule has 2 aliphatic carbocycles. The first-order chi connectivity index (χ1) is 21.5. The zero-order valence-corrected chi connectivity index (χ0v) is 27.8. The summed E-state index contributed by atoms with van der Waals surface area (Å²) in [7, 11) is 0. The van der Waals surface area contributed by atoms with E-state index in [1.165, 1.54) is 34.6 Å². The van der Waals surface area contributed by atoms with Gasteiger partial charge in [-0.1, -0.05) is 20.8 Å². The zero-order chi connectivity index (χ0) is 33.8. The van der Waals surface area contributed by atoms with Gasteiger partial charge in [0.1, 0.15) is 24.4 Å². The highest BCUT2D eigenvalue weighted by Crippen LogP contribution is 2.71. The number of carbonyl (C=O) groups is 5. The quantitative estimate of drug-likeness (QED) is 0.203. The van der Waals surface area contributed by atoms with Crippen molar-refractivity contribution in [1.82, 2.24) is 0 Å². The third kappa shape index (κ3) is 5.46. The molecule has 13 heteroatoms. The molecule has 46 heavy (non-hydrogen) atoms. The van der Waals surface area contributed by atoms with Crippen molar-refractivity contribution in [2.75, 3.05) is 13.2 Å². The van der Waals surface area contributed by atoms with Crippen molar-refractivity contribution >= 4 is 29.8 Å². The fourth-order valence-electron chi connectivity index (χ4n) is 8.72. The van der Waals surface area contributed by atoms with Crippen molar-refractivity contribution in [2.24, 2.45) is 28.6 Å². The molecule has 0 bridgehead atoms. The first-order valence-corrected chi connectivity index (χ1v) is 16.0. The summed E-state index contributed by atoms with van der Waals surface area (Å²) < 4.78 is 48.0. The van der Waals surface area contributed by atoms with E-state index in [1.54, 1.807) is 13.2 Å². The Labute approximate surface area is 268 Å². The Morgan fingerprint density at radius 2 is 1.61 bits per heavy atom. The molecule has 4 fully saturated rings. The summed E-state index contributed by atoms with van der Waals surface area (Å²) in [6.07, 6.45) is 1.07. The van der Waals surface area contributed by atoms with Crippen LogP contribution in [0, 0.1) is 28.6 Å². The lowest BCUT2D eigenvalue weighted by Gasteiger charge is -2.65. The lowest BCUT2D eigenvalue weighted by atomic mass is 9.41. The van der Waals surface area contributed by atoms with Gasteiger partial charge in [-0.05, 0) is 50.5 Å². The van der Waals surface area contributed by atoms with Crippen LogP contribution in [0.5, 0.6) is 0 Å². The molecule has 1 unspecified atom stereocenters. The molecule has 13 nitrogen and oxygen atoms in total. The van der Waals surface area contributed by atoms with Gasteiger partial charge < -0.3 is 37.9 Å². The smallest absolute Gasteiger partial charge is 0.350 e. The molecule has 0 aromatic heterocycles. The van der Waals surface area contributed by atoms with E-state index in [0.29, 0.717) is 12.8 Å². The van der Waals surface area contributed by atoms with Gasteiger partial charge in [-0.3, -0.25) is 19.2 Å². The highest BCUT2D eigenvalue weighted by Gasteiger charge is 2.82. The summed E-state index contributed by atoms with van der Waals surface area (Å²) in [4.78, 5) is 63.5. The number of fused-ring (bicyclic) bond motifs is 3. The Balaban J connectivity index is 1.67. The van der Waals surface area contributed by atoms with Crippen LogP contribution in [0.15, 0.2) is 12.3 Å². The molecule has 3 aliphatic heterocycles. The topological polar surface area (TPSA) is 162 Å². The molecule has 2 saturated heterocycles. The standard InChI is InChI=1S/C33H46O13/c1-9-30(7,46-21(6)37)29(38)45-27-23(42-19(4)35)14-24-31(8,25-13-22-10-11-39-28(22)44-25)17(2)12-26(43-20(5)36)32(24,15-40-18(3)34)33(27)16-41-33/h10-11,17,22-28H,9,12-16H2,1-8H3/t17-,22-,23-,24-,25+,26+,27+,28+,30?,31+,32+,33-/m1/s1. The molecule has 256 valence electrons. The van der Waals surface area contributed by atoms with Gasteiger partial charge in [-0.2, -0.15) is 0 Å². The van der Waals surface area contributed by atoms with Crippen LogP contribution in [0.4, 0.5) is 0 Å². The molecule has 0 amide bonds. The van der Waals surface area contributed by atoms with E-state index < -0.39 is 82.4 Å². The highest BCUT2D eigenvalue weighted by atomic mass is 16.7. The highest BCUT2D eigenvalue weighted by molar-refractivity contribution is 5.83. The summed E-state index contributed by atoms with van der Waals surface area (Å²) in [6.45, 7) is 12.2. The molecule has 1 spiro atoms. The SMILES string of the molecule is CCC(C)(OC(C)=O)C(=O)O[C@H]1[C@H](OC(C)=O)C[C@@H]2[C@@](C)([C@@H]3C[C@H]4C=CO[C@H]4O3)[C@H](C)C[C@H](OC(C)=O)[C@@]2(COC(C)=O)[C@@]12CO2. The van der Waals surface area contributed by atoms with Gasteiger partial charge >= 0.3 is 29.8 Å². The van der Waals surface area contributed by atoms with Crippen LogP contribution in [0.2, 0.25) is 0 Å². The van der Waals surface area contributed by atoms with E-state index >= 15 is 0 Å². The number of hydrogen-bond donors (Lipinski definition) is 0. The summed E-state index contributed by atoms with van der Waals surface area (Å²) in [5, 5.41) is 0. The van der Waals surface area contributed by atoms with Gasteiger partial charge in [0.25, 0.3) is 0 Å². The summed E-state index contributed by atoms with van der Waals surface area (Å²) in [6, 6.07) is 0. The molecule has 5 aliphatic rings. The van der Waals surface area contributed by atoms with Crippen molar-refractivity contribution < 1.29 is 61.9 Å². The van der Waals surface area contributed by atoms with Crippen LogP contribution in [-0.2, 0) is 61.9 Å². The fraction of sp³-hybridized carbons (Fsp3) is 0.788. The predicted octanol–water partition coefficient (Wildman–Crippen LogP) is 3.15. The van der Waals surface area contributed by atoms with E-state index in [4.69, 9.17) is 37.9 Å². The Bertz CT molecular complexity index is 1290.